The highest BCUT2D eigenvalue weighted by Gasteiger charge is 2.13. The normalized spacial score (nSPS) is 9.75. The number of nitro benzene ring substituents is 1. The van der Waals surface area contributed by atoms with Gasteiger partial charge in [-0.3, -0.25) is 10.1 Å². The van der Waals surface area contributed by atoms with Gasteiger partial charge in [-0.05, 0) is 6.92 Å². The first kappa shape index (κ1) is 8.32. The predicted molar refractivity (Wildman–Crippen MR) is 43.9 cm³/mol. The number of hydrogen-bond donors (Lipinski definition) is 2. The van der Waals surface area contributed by atoms with Gasteiger partial charge in [0.15, 0.2) is 0 Å². The number of benzene rings is 1. The summed E-state index contributed by atoms with van der Waals surface area (Å²) >= 11 is 0. The summed E-state index contributed by atoms with van der Waals surface area (Å²) in [6, 6.07) is 2.36. The molecule has 1 rings (SSSR count). The second kappa shape index (κ2) is 2.69. The smallest absolute Gasteiger partial charge is 0.278 e. The number of phenols is 1. The number of aromatic hydroxyl groups is 1. The molecule has 64 valence electrons. The third-order valence-electron chi connectivity index (χ3n) is 1.60. The summed E-state index contributed by atoms with van der Waals surface area (Å²) in [6.45, 7) is 1.53. The van der Waals surface area contributed by atoms with Gasteiger partial charge in [-0.1, -0.05) is 0 Å². The van der Waals surface area contributed by atoms with Crippen molar-refractivity contribution in [2.75, 3.05) is 5.73 Å². The van der Waals surface area contributed by atoms with Crippen molar-refractivity contribution in [1.29, 1.82) is 0 Å². The SMILES string of the molecule is Cc1c(N)cc(O)cc1[N+](=O)[O-]. The van der Waals surface area contributed by atoms with Gasteiger partial charge in [-0.2, -0.15) is 0 Å². The quantitative estimate of drug-likeness (QED) is 0.374. The van der Waals surface area contributed by atoms with Crippen LogP contribution >= 0.6 is 0 Å². The van der Waals surface area contributed by atoms with Gasteiger partial charge in [0, 0.05) is 17.3 Å². The average Bonchev–Trinajstić information content (AvgIpc) is 1.96. The van der Waals surface area contributed by atoms with E-state index >= 15 is 0 Å². The summed E-state index contributed by atoms with van der Waals surface area (Å²) in [6.07, 6.45) is 0. The van der Waals surface area contributed by atoms with Crippen molar-refractivity contribution in [1.82, 2.24) is 0 Å². The van der Waals surface area contributed by atoms with E-state index in [-0.39, 0.29) is 17.1 Å². The largest absolute Gasteiger partial charge is 0.508 e. The number of phenolic OH excluding ortho intramolecular Hbond substituents is 1. The number of anilines is 1. The van der Waals surface area contributed by atoms with Gasteiger partial charge in [-0.25, -0.2) is 0 Å². The second-order valence-corrected chi connectivity index (χ2v) is 2.44. The van der Waals surface area contributed by atoms with Crippen molar-refractivity contribution in [2.24, 2.45) is 0 Å². The molecule has 0 saturated carbocycles. The first-order chi connectivity index (χ1) is 5.52. The van der Waals surface area contributed by atoms with E-state index in [4.69, 9.17) is 10.8 Å². The van der Waals surface area contributed by atoms with E-state index in [9.17, 15) is 10.1 Å². The zero-order valence-electron chi connectivity index (χ0n) is 6.44. The Kier molecular flexibility index (Phi) is 1.86. The molecular formula is C7H8N2O3. The summed E-state index contributed by atoms with van der Waals surface area (Å²) < 4.78 is 0. The molecule has 3 N–H and O–H groups in total. The van der Waals surface area contributed by atoms with E-state index in [1.165, 1.54) is 13.0 Å². The van der Waals surface area contributed by atoms with Crippen LogP contribution in [0.5, 0.6) is 5.75 Å². The van der Waals surface area contributed by atoms with Crippen LogP contribution in [0.2, 0.25) is 0 Å². The highest BCUT2D eigenvalue weighted by atomic mass is 16.6. The Morgan fingerprint density at radius 3 is 2.67 bits per heavy atom. The van der Waals surface area contributed by atoms with Crippen molar-refractivity contribution in [3.05, 3.63) is 27.8 Å². The van der Waals surface area contributed by atoms with Gasteiger partial charge < -0.3 is 10.8 Å². The molecule has 0 amide bonds. The number of hydrogen-bond acceptors (Lipinski definition) is 4. The second-order valence-electron chi connectivity index (χ2n) is 2.44. The van der Waals surface area contributed by atoms with Crippen LogP contribution in [0.3, 0.4) is 0 Å². The fourth-order valence-electron chi connectivity index (χ4n) is 0.895. The molecule has 0 fully saturated rings. The molecule has 0 saturated heterocycles. The molecule has 0 aliphatic carbocycles. The molecule has 5 nitrogen and oxygen atoms in total. The van der Waals surface area contributed by atoms with Crippen LogP contribution in [-0.2, 0) is 0 Å². The minimum atomic E-state index is -0.578. The first-order valence-electron chi connectivity index (χ1n) is 3.26. The van der Waals surface area contributed by atoms with Crippen LogP contribution in [0.1, 0.15) is 5.56 Å². The van der Waals surface area contributed by atoms with Crippen molar-refractivity contribution in [2.45, 2.75) is 6.92 Å². The monoisotopic (exact) mass is 168 g/mol. The van der Waals surface area contributed by atoms with Crippen LogP contribution < -0.4 is 5.73 Å². The Hall–Kier alpha value is -1.78. The van der Waals surface area contributed by atoms with Gasteiger partial charge in [0.25, 0.3) is 5.69 Å². The number of nitrogens with zero attached hydrogens (tertiary/aromatic N) is 1. The molecule has 1 aromatic carbocycles. The van der Waals surface area contributed by atoms with Gasteiger partial charge >= 0.3 is 0 Å². The average molecular weight is 168 g/mol. The van der Waals surface area contributed by atoms with Gasteiger partial charge in [0.2, 0.25) is 0 Å². The van der Waals surface area contributed by atoms with Crippen molar-refractivity contribution in [3.63, 3.8) is 0 Å². The zero-order valence-corrected chi connectivity index (χ0v) is 6.44. The third-order valence-corrected chi connectivity index (χ3v) is 1.60. The standard InChI is InChI=1S/C7H8N2O3/c1-4-6(8)2-5(10)3-7(4)9(11)12/h2-3,10H,8H2,1H3. The number of nitro groups is 1. The number of nitrogens with two attached hydrogens (primary N) is 1. The van der Waals surface area contributed by atoms with Gasteiger partial charge in [-0.15, -0.1) is 0 Å². The maximum Gasteiger partial charge on any atom is 0.278 e. The summed E-state index contributed by atoms with van der Waals surface area (Å²) in [4.78, 5) is 9.79. The molecule has 0 aromatic heterocycles. The fraction of sp³-hybridized carbons (Fsp3) is 0.143. The highest BCUT2D eigenvalue weighted by molar-refractivity contribution is 5.60. The molecule has 12 heavy (non-hydrogen) atoms. The molecule has 0 spiro atoms. The van der Waals surface area contributed by atoms with E-state index < -0.39 is 4.92 Å². The molecule has 0 radical (unpaired) electrons. The summed E-state index contributed by atoms with van der Waals surface area (Å²) in [5, 5.41) is 19.3. The molecule has 5 heteroatoms. The Morgan fingerprint density at radius 2 is 2.17 bits per heavy atom. The molecule has 0 atom stereocenters. The maximum absolute atomic E-state index is 10.4. The van der Waals surface area contributed by atoms with E-state index in [1.54, 1.807) is 0 Å². The lowest BCUT2D eigenvalue weighted by Crippen LogP contribution is -1.96. The summed E-state index contributed by atoms with van der Waals surface area (Å²) in [7, 11) is 0. The fourth-order valence-corrected chi connectivity index (χ4v) is 0.895. The van der Waals surface area contributed by atoms with Crippen LogP contribution in [0.15, 0.2) is 12.1 Å². The van der Waals surface area contributed by atoms with Crippen LogP contribution in [0.25, 0.3) is 0 Å². The summed E-state index contributed by atoms with van der Waals surface area (Å²) in [5.74, 6) is -0.190. The molecular weight excluding hydrogens is 160 g/mol. The Labute approximate surface area is 68.6 Å². The summed E-state index contributed by atoms with van der Waals surface area (Å²) in [5.41, 5.74) is 5.83. The Morgan fingerprint density at radius 1 is 1.58 bits per heavy atom. The maximum atomic E-state index is 10.4. The van der Waals surface area contributed by atoms with Crippen LogP contribution in [-0.4, -0.2) is 10.0 Å². The lowest BCUT2D eigenvalue weighted by Gasteiger charge is -2.01. The topological polar surface area (TPSA) is 89.4 Å². The number of rotatable bonds is 1. The van der Waals surface area contributed by atoms with Gasteiger partial charge in [0.1, 0.15) is 5.75 Å². The van der Waals surface area contributed by atoms with Crippen molar-refractivity contribution < 1.29 is 10.0 Å². The first-order valence-corrected chi connectivity index (χ1v) is 3.26. The minimum absolute atomic E-state index is 0.160. The number of nitrogen functional groups attached to an aromatic ring is 1. The zero-order chi connectivity index (χ0) is 9.30. The molecule has 1 aromatic rings. The van der Waals surface area contributed by atoms with Crippen LogP contribution in [0.4, 0.5) is 11.4 Å². The minimum Gasteiger partial charge on any atom is -0.508 e. The van der Waals surface area contributed by atoms with E-state index in [0.717, 1.165) is 6.07 Å². The van der Waals surface area contributed by atoms with E-state index in [1.807, 2.05) is 0 Å². The lowest BCUT2D eigenvalue weighted by molar-refractivity contribution is -0.385. The van der Waals surface area contributed by atoms with Crippen molar-refractivity contribution >= 4 is 11.4 Å². The van der Waals surface area contributed by atoms with Gasteiger partial charge in [0.05, 0.1) is 11.0 Å². The third kappa shape index (κ3) is 1.29. The predicted octanol–water partition coefficient (Wildman–Crippen LogP) is 1.19. The van der Waals surface area contributed by atoms with Crippen LogP contribution in [0, 0.1) is 17.0 Å². The Bertz CT molecular complexity index is 336. The molecule has 0 bridgehead atoms. The Balaban J connectivity index is 3.37. The van der Waals surface area contributed by atoms with E-state index in [0.29, 0.717) is 5.56 Å². The molecule has 0 aliphatic heterocycles. The van der Waals surface area contributed by atoms with E-state index in [2.05, 4.69) is 0 Å². The van der Waals surface area contributed by atoms with Crippen molar-refractivity contribution in [3.8, 4) is 5.75 Å². The highest BCUT2D eigenvalue weighted by Crippen LogP contribution is 2.28. The molecule has 0 unspecified atom stereocenters. The lowest BCUT2D eigenvalue weighted by atomic mass is 10.1. The molecule has 0 aliphatic rings. The molecule has 0 heterocycles.